The van der Waals surface area contributed by atoms with Crippen LogP contribution in [-0.4, -0.2) is 4.57 Å². The molecule has 0 aliphatic rings. The fourth-order valence-electron chi connectivity index (χ4n) is 7.67. The first kappa shape index (κ1) is 31.1. The number of hydrogen-bond acceptors (Lipinski definition) is 2. The lowest BCUT2D eigenvalue weighted by atomic mass is 9.99. The van der Waals surface area contributed by atoms with E-state index in [-0.39, 0.29) is 0 Å². The standard InChI is InChI=1S/C50H34N2S/c1-4-14-35(15-5-1)37-26-28-39(29-27-37)40-18-12-21-43(34-40)51(42-32-30-38(31-33-42)36-16-6-2-7-17-36)47-25-13-23-45-48-50(53-49(45)47)44-22-10-11-24-46(44)52(48)41-19-8-3-9-20-41/h1-34H. The first-order valence-electron chi connectivity index (χ1n) is 18.0. The maximum Gasteiger partial charge on any atom is 0.0728 e. The van der Waals surface area contributed by atoms with E-state index < -0.39 is 0 Å². The molecule has 10 rings (SSSR count). The third-order valence-electron chi connectivity index (χ3n) is 10.2. The van der Waals surface area contributed by atoms with Crippen LogP contribution in [0.15, 0.2) is 206 Å². The molecule has 0 radical (unpaired) electrons. The average Bonchev–Trinajstić information content (AvgIpc) is 3.78. The molecule has 0 N–H and O–H groups in total. The average molecular weight is 695 g/mol. The van der Waals surface area contributed by atoms with Crippen LogP contribution in [0.1, 0.15) is 0 Å². The largest absolute Gasteiger partial charge is 0.309 e. The zero-order valence-corrected chi connectivity index (χ0v) is 29.7. The maximum absolute atomic E-state index is 2.44. The Labute approximate surface area is 313 Å². The molecule has 8 aromatic carbocycles. The van der Waals surface area contributed by atoms with Crippen molar-refractivity contribution < 1.29 is 0 Å². The van der Waals surface area contributed by atoms with Crippen LogP contribution >= 0.6 is 11.3 Å². The Bertz CT molecular complexity index is 2850. The third kappa shape index (κ3) is 5.50. The van der Waals surface area contributed by atoms with E-state index in [4.69, 9.17) is 0 Å². The van der Waals surface area contributed by atoms with Gasteiger partial charge >= 0.3 is 0 Å². The number of benzene rings is 8. The van der Waals surface area contributed by atoms with Crippen molar-refractivity contribution in [3.8, 4) is 39.1 Å². The van der Waals surface area contributed by atoms with Crippen LogP contribution in [0.25, 0.3) is 70.3 Å². The molecule has 0 amide bonds. The van der Waals surface area contributed by atoms with Crippen LogP contribution in [0.4, 0.5) is 17.1 Å². The van der Waals surface area contributed by atoms with E-state index in [0.717, 1.165) is 17.1 Å². The lowest BCUT2D eigenvalue weighted by Crippen LogP contribution is -2.10. The number of nitrogens with zero attached hydrogens (tertiary/aromatic N) is 2. The molecule has 2 aromatic heterocycles. The second-order valence-electron chi connectivity index (χ2n) is 13.4. The van der Waals surface area contributed by atoms with Crippen molar-refractivity contribution in [1.29, 1.82) is 0 Å². The number of thiophene rings is 1. The van der Waals surface area contributed by atoms with Gasteiger partial charge in [-0.3, -0.25) is 0 Å². The van der Waals surface area contributed by atoms with E-state index in [1.807, 2.05) is 11.3 Å². The Morgan fingerprint density at radius 1 is 0.358 bits per heavy atom. The molecule has 250 valence electrons. The van der Waals surface area contributed by atoms with Gasteiger partial charge in [-0.25, -0.2) is 0 Å². The highest BCUT2D eigenvalue weighted by Crippen LogP contribution is 2.48. The number of aromatic nitrogens is 1. The van der Waals surface area contributed by atoms with Crippen molar-refractivity contribution in [1.82, 2.24) is 4.57 Å². The first-order chi connectivity index (χ1) is 26.3. The van der Waals surface area contributed by atoms with Crippen molar-refractivity contribution >= 4 is 59.6 Å². The van der Waals surface area contributed by atoms with Gasteiger partial charge in [-0.2, -0.15) is 0 Å². The number of hydrogen-bond donors (Lipinski definition) is 0. The molecule has 0 fully saturated rings. The van der Waals surface area contributed by atoms with Gasteiger partial charge in [0.1, 0.15) is 0 Å². The first-order valence-corrected chi connectivity index (χ1v) is 18.8. The van der Waals surface area contributed by atoms with Crippen LogP contribution < -0.4 is 4.90 Å². The van der Waals surface area contributed by atoms with Crippen LogP contribution in [0.2, 0.25) is 0 Å². The smallest absolute Gasteiger partial charge is 0.0728 e. The van der Waals surface area contributed by atoms with Gasteiger partial charge in [-0.1, -0.05) is 158 Å². The Kier molecular flexibility index (Phi) is 7.71. The molecule has 53 heavy (non-hydrogen) atoms. The highest BCUT2D eigenvalue weighted by Gasteiger charge is 2.23. The van der Waals surface area contributed by atoms with Gasteiger partial charge in [-0.15, -0.1) is 11.3 Å². The van der Waals surface area contributed by atoms with Crippen LogP contribution in [0.5, 0.6) is 0 Å². The molecule has 3 heteroatoms. The summed E-state index contributed by atoms with van der Waals surface area (Å²) < 4.78 is 5.00. The SMILES string of the molecule is c1ccc(-c2ccc(-c3cccc(N(c4ccc(-c5ccccc5)cc4)c4cccc5c4sc4c6ccccc6n(-c6ccccc6)c54)c3)cc2)cc1. The Hall–Kier alpha value is -6.68. The molecule has 2 heterocycles. The molecule has 0 unspecified atom stereocenters. The predicted octanol–water partition coefficient (Wildman–Crippen LogP) is 14.5. The van der Waals surface area contributed by atoms with Crippen LogP contribution in [0.3, 0.4) is 0 Å². The highest BCUT2D eigenvalue weighted by atomic mass is 32.1. The molecular weight excluding hydrogens is 661 g/mol. The van der Waals surface area contributed by atoms with Crippen molar-refractivity contribution in [2.75, 3.05) is 4.90 Å². The second kappa shape index (κ2) is 13.1. The minimum atomic E-state index is 1.11. The molecule has 0 aliphatic heterocycles. The zero-order valence-electron chi connectivity index (χ0n) is 28.9. The summed E-state index contributed by atoms with van der Waals surface area (Å²) in [4.78, 5) is 2.43. The van der Waals surface area contributed by atoms with Crippen LogP contribution in [0, 0.1) is 0 Å². The quantitative estimate of drug-likeness (QED) is 0.161. The predicted molar refractivity (Wildman–Crippen MR) is 227 cm³/mol. The van der Waals surface area contributed by atoms with Gasteiger partial charge in [0.05, 0.1) is 26.1 Å². The number of fused-ring (bicyclic) bond motifs is 5. The van der Waals surface area contributed by atoms with Gasteiger partial charge < -0.3 is 9.47 Å². The van der Waals surface area contributed by atoms with Gasteiger partial charge in [0, 0.05) is 27.8 Å². The minimum absolute atomic E-state index is 1.11. The van der Waals surface area contributed by atoms with E-state index >= 15 is 0 Å². The van der Waals surface area contributed by atoms with Crippen LogP contribution in [-0.2, 0) is 0 Å². The number of para-hydroxylation sites is 2. The number of rotatable bonds is 7. The Balaban J connectivity index is 1.16. The normalized spacial score (nSPS) is 11.4. The van der Waals surface area contributed by atoms with Crippen molar-refractivity contribution in [3.63, 3.8) is 0 Å². The van der Waals surface area contributed by atoms with Crippen molar-refractivity contribution in [2.45, 2.75) is 0 Å². The summed E-state index contributed by atoms with van der Waals surface area (Å²) in [5.41, 5.74) is 14.3. The summed E-state index contributed by atoms with van der Waals surface area (Å²) in [6, 6.07) is 74.4. The molecule has 0 spiro atoms. The lowest BCUT2D eigenvalue weighted by molar-refractivity contribution is 1.19. The van der Waals surface area contributed by atoms with Crippen molar-refractivity contribution in [3.05, 3.63) is 206 Å². The summed E-state index contributed by atoms with van der Waals surface area (Å²) in [5, 5.41) is 2.53. The van der Waals surface area contributed by atoms with E-state index in [9.17, 15) is 0 Å². The summed E-state index contributed by atoms with van der Waals surface area (Å²) in [6.07, 6.45) is 0. The highest BCUT2D eigenvalue weighted by molar-refractivity contribution is 7.27. The topological polar surface area (TPSA) is 8.17 Å². The van der Waals surface area contributed by atoms with Gasteiger partial charge in [0.25, 0.3) is 0 Å². The molecule has 2 nitrogen and oxygen atoms in total. The van der Waals surface area contributed by atoms with E-state index in [2.05, 4.69) is 216 Å². The van der Waals surface area contributed by atoms with Crippen molar-refractivity contribution in [2.24, 2.45) is 0 Å². The summed E-state index contributed by atoms with van der Waals surface area (Å²) in [6.45, 7) is 0. The Morgan fingerprint density at radius 3 is 1.55 bits per heavy atom. The molecule has 0 saturated heterocycles. The maximum atomic E-state index is 2.44. The molecule has 0 saturated carbocycles. The monoisotopic (exact) mass is 694 g/mol. The zero-order chi connectivity index (χ0) is 35.1. The number of anilines is 3. The minimum Gasteiger partial charge on any atom is -0.309 e. The van der Waals surface area contributed by atoms with E-state index in [1.54, 1.807) is 0 Å². The van der Waals surface area contributed by atoms with Gasteiger partial charge in [0.15, 0.2) is 0 Å². The van der Waals surface area contributed by atoms with E-state index in [0.29, 0.717) is 0 Å². The lowest BCUT2D eigenvalue weighted by Gasteiger charge is -2.27. The summed E-state index contributed by atoms with van der Waals surface area (Å²) in [5.74, 6) is 0. The molecule has 0 atom stereocenters. The molecular formula is C50H34N2S. The fraction of sp³-hybridized carbons (Fsp3) is 0. The summed E-state index contributed by atoms with van der Waals surface area (Å²) in [7, 11) is 0. The molecule has 0 bridgehead atoms. The summed E-state index contributed by atoms with van der Waals surface area (Å²) >= 11 is 1.89. The molecule has 10 aromatic rings. The van der Waals surface area contributed by atoms with Gasteiger partial charge in [-0.05, 0) is 81.9 Å². The Morgan fingerprint density at radius 2 is 0.868 bits per heavy atom. The molecule has 0 aliphatic carbocycles. The van der Waals surface area contributed by atoms with Gasteiger partial charge in [0.2, 0.25) is 0 Å². The second-order valence-corrected chi connectivity index (χ2v) is 14.4. The third-order valence-corrected chi connectivity index (χ3v) is 11.4. The van der Waals surface area contributed by atoms with E-state index in [1.165, 1.54) is 70.3 Å². The fourth-order valence-corrected chi connectivity index (χ4v) is 8.99.